The van der Waals surface area contributed by atoms with Gasteiger partial charge in [-0.15, -0.1) is 0 Å². The van der Waals surface area contributed by atoms with Gasteiger partial charge in [-0.2, -0.15) is 8.42 Å². The Balaban J connectivity index is 0. The van der Waals surface area contributed by atoms with Gasteiger partial charge in [0.25, 0.3) is 10.1 Å². The van der Waals surface area contributed by atoms with Gasteiger partial charge in [0.15, 0.2) is 0 Å². The SMILES string of the molecule is CC(C(O)CO)S(=O)(=O)O.[NaH]. The van der Waals surface area contributed by atoms with Gasteiger partial charge in [-0.1, -0.05) is 0 Å². The van der Waals surface area contributed by atoms with E-state index in [1.165, 1.54) is 0 Å². The molecule has 0 aliphatic rings. The zero-order valence-corrected chi connectivity index (χ0v) is 6.24. The first-order valence-electron chi connectivity index (χ1n) is 2.64. The fourth-order valence-corrected chi connectivity index (χ4v) is 0.830. The molecule has 0 aliphatic heterocycles. The second-order valence-corrected chi connectivity index (χ2v) is 3.74. The predicted molar refractivity (Wildman–Crippen MR) is 41.3 cm³/mol. The van der Waals surface area contributed by atoms with Gasteiger partial charge >= 0.3 is 29.6 Å². The normalized spacial score (nSPS) is 16.7. The van der Waals surface area contributed by atoms with Crippen LogP contribution in [-0.4, -0.2) is 70.7 Å². The van der Waals surface area contributed by atoms with E-state index < -0.39 is 28.1 Å². The van der Waals surface area contributed by atoms with Crippen LogP contribution in [0.15, 0.2) is 0 Å². The summed E-state index contributed by atoms with van der Waals surface area (Å²) in [6.07, 6.45) is -1.42. The summed E-state index contributed by atoms with van der Waals surface area (Å²) in [4.78, 5) is 0. The third-order valence-corrected chi connectivity index (χ3v) is 2.45. The quantitative estimate of drug-likeness (QED) is 0.355. The minimum atomic E-state index is -4.22. The summed E-state index contributed by atoms with van der Waals surface area (Å²) in [6.45, 7) is 0.428. The Bertz CT molecular complexity index is 189. The number of hydrogen-bond donors (Lipinski definition) is 3. The molecule has 0 fully saturated rings. The van der Waals surface area contributed by atoms with E-state index in [0.29, 0.717) is 0 Å². The van der Waals surface area contributed by atoms with Crippen molar-refractivity contribution in [2.24, 2.45) is 0 Å². The molecule has 2 atom stereocenters. The molecular weight excluding hydrogens is 183 g/mol. The maximum absolute atomic E-state index is 10.2. The Morgan fingerprint density at radius 2 is 1.82 bits per heavy atom. The van der Waals surface area contributed by atoms with Crippen LogP contribution in [-0.2, 0) is 10.1 Å². The molecule has 0 rings (SSSR count). The molecule has 0 heterocycles. The zero-order chi connectivity index (χ0) is 8.36. The monoisotopic (exact) mass is 194 g/mol. The van der Waals surface area contributed by atoms with Crippen LogP contribution in [0.1, 0.15) is 6.92 Å². The summed E-state index contributed by atoms with van der Waals surface area (Å²) in [7, 11) is -4.22. The van der Waals surface area contributed by atoms with Crippen molar-refractivity contribution in [2.75, 3.05) is 6.61 Å². The number of aliphatic hydroxyl groups excluding tert-OH is 2. The van der Waals surface area contributed by atoms with Gasteiger partial charge in [-0.25, -0.2) is 0 Å². The van der Waals surface area contributed by atoms with Crippen molar-refractivity contribution in [3.63, 3.8) is 0 Å². The topological polar surface area (TPSA) is 94.8 Å². The summed E-state index contributed by atoms with van der Waals surface area (Å²) in [5.41, 5.74) is 0. The van der Waals surface area contributed by atoms with Crippen LogP contribution < -0.4 is 0 Å². The van der Waals surface area contributed by atoms with Gasteiger partial charge in [-0.3, -0.25) is 4.55 Å². The first kappa shape index (κ1) is 14.4. The van der Waals surface area contributed by atoms with Gasteiger partial charge in [0.2, 0.25) is 0 Å². The molecular formula is C4H11NaO5S. The third-order valence-electron chi connectivity index (χ3n) is 1.20. The molecule has 0 saturated carbocycles. The molecule has 0 bridgehead atoms. The standard InChI is InChI=1S/C4H10O5S.Na.H/c1-3(4(6)2-5)10(7,8)9;;/h3-6H,2H2,1H3,(H,7,8,9);;. The summed E-state index contributed by atoms with van der Waals surface area (Å²) < 4.78 is 28.7. The molecule has 64 valence electrons. The Hall–Kier alpha value is 0.830. The molecule has 0 saturated heterocycles. The predicted octanol–water partition coefficient (Wildman–Crippen LogP) is -2.03. The summed E-state index contributed by atoms with van der Waals surface area (Å²) in [6, 6.07) is 0. The van der Waals surface area contributed by atoms with E-state index in [4.69, 9.17) is 14.8 Å². The van der Waals surface area contributed by atoms with Crippen LogP contribution >= 0.6 is 0 Å². The molecule has 0 amide bonds. The van der Waals surface area contributed by atoms with Crippen LogP contribution in [0.5, 0.6) is 0 Å². The summed E-state index contributed by atoms with van der Waals surface area (Å²) in [5, 5.41) is 15.6. The van der Waals surface area contributed by atoms with E-state index in [1.54, 1.807) is 0 Å². The van der Waals surface area contributed by atoms with E-state index in [-0.39, 0.29) is 29.6 Å². The first-order chi connectivity index (χ1) is 4.39. The number of aliphatic hydroxyl groups is 2. The molecule has 0 aromatic heterocycles. The first-order valence-corrected chi connectivity index (χ1v) is 4.15. The van der Waals surface area contributed by atoms with Gasteiger partial charge in [0.1, 0.15) is 5.25 Å². The van der Waals surface area contributed by atoms with Crippen LogP contribution in [0.25, 0.3) is 0 Å². The molecule has 0 spiro atoms. The molecule has 0 aromatic rings. The molecule has 2 unspecified atom stereocenters. The molecule has 5 nitrogen and oxygen atoms in total. The van der Waals surface area contributed by atoms with Crippen LogP contribution in [0.2, 0.25) is 0 Å². The van der Waals surface area contributed by atoms with Crippen molar-refractivity contribution in [3.05, 3.63) is 0 Å². The Morgan fingerprint density at radius 3 is 1.91 bits per heavy atom. The van der Waals surface area contributed by atoms with Crippen molar-refractivity contribution >= 4 is 39.7 Å². The van der Waals surface area contributed by atoms with Gasteiger partial charge in [0.05, 0.1) is 12.7 Å². The number of rotatable bonds is 3. The van der Waals surface area contributed by atoms with Gasteiger partial charge in [0, 0.05) is 0 Å². The Labute approximate surface area is 87.5 Å². The summed E-state index contributed by atoms with van der Waals surface area (Å²) in [5.74, 6) is 0. The van der Waals surface area contributed by atoms with Crippen LogP contribution in [0.3, 0.4) is 0 Å². The third kappa shape index (κ3) is 5.13. The minimum absolute atomic E-state index is 0. The van der Waals surface area contributed by atoms with Gasteiger partial charge < -0.3 is 10.2 Å². The second-order valence-electron chi connectivity index (χ2n) is 1.97. The summed E-state index contributed by atoms with van der Waals surface area (Å²) >= 11 is 0. The Kier molecular flexibility index (Phi) is 7.14. The second kappa shape index (κ2) is 5.47. The zero-order valence-electron chi connectivity index (χ0n) is 5.43. The molecule has 7 heteroatoms. The van der Waals surface area contributed by atoms with Crippen molar-refractivity contribution in [2.45, 2.75) is 18.3 Å². The van der Waals surface area contributed by atoms with E-state index in [1.807, 2.05) is 0 Å². The van der Waals surface area contributed by atoms with Crippen LogP contribution in [0.4, 0.5) is 0 Å². The maximum atomic E-state index is 10.2. The van der Waals surface area contributed by atoms with E-state index in [0.717, 1.165) is 6.92 Å². The van der Waals surface area contributed by atoms with Crippen LogP contribution in [0, 0.1) is 0 Å². The van der Waals surface area contributed by atoms with Crippen molar-refractivity contribution in [1.82, 2.24) is 0 Å². The molecule has 11 heavy (non-hydrogen) atoms. The van der Waals surface area contributed by atoms with E-state index >= 15 is 0 Å². The molecule has 3 N–H and O–H groups in total. The van der Waals surface area contributed by atoms with Crippen molar-refractivity contribution < 1.29 is 23.2 Å². The Morgan fingerprint density at radius 1 is 1.45 bits per heavy atom. The van der Waals surface area contributed by atoms with E-state index in [9.17, 15) is 8.42 Å². The van der Waals surface area contributed by atoms with E-state index in [2.05, 4.69) is 0 Å². The van der Waals surface area contributed by atoms with Crippen molar-refractivity contribution in [3.8, 4) is 0 Å². The molecule has 0 radical (unpaired) electrons. The number of hydrogen-bond acceptors (Lipinski definition) is 4. The average Bonchev–Trinajstić information content (AvgIpc) is 1.83. The fourth-order valence-electron chi connectivity index (χ4n) is 0.347. The average molecular weight is 194 g/mol. The molecule has 0 aliphatic carbocycles. The van der Waals surface area contributed by atoms with Crippen molar-refractivity contribution in [1.29, 1.82) is 0 Å². The fraction of sp³-hybridized carbons (Fsp3) is 1.00. The van der Waals surface area contributed by atoms with Gasteiger partial charge in [-0.05, 0) is 6.92 Å². The molecule has 0 aromatic carbocycles.